The molecule has 0 atom stereocenters. The van der Waals surface area contributed by atoms with E-state index in [0.717, 1.165) is 72.4 Å². The molecule has 9 aromatic carbocycles. The predicted molar refractivity (Wildman–Crippen MR) is 354 cm³/mol. The quantitative estimate of drug-likeness (QED) is 0.159. The lowest BCUT2D eigenvalue weighted by atomic mass is 9.79. The SMILES string of the molecule is Cc1ccc2c(c1)c1cc(C)ccc1n2-c1ccc(-c2ccc(C#N)cc2)cc1-c1cc(-c2nc(-c3cc(C(C)(C)C)cc(C(C)(C)C)c3)nc(-c3cc(C(C)(C)C)cc(C(C)(C)C)c3)n2)ccc1-n1c2ccc(C)cc2c2cc(C)ccc21. The van der Waals surface area contributed by atoms with E-state index in [4.69, 9.17) is 15.0 Å². The average Bonchev–Trinajstić information content (AvgIpc) is 3.70. The first-order valence-corrected chi connectivity index (χ1v) is 29.6. The maximum absolute atomic E-state index is 9.93. The summed E-state index contributed by atoms with van der Waals surface area (Å²) in [7, 11) is 0. The highest BCUT2D eigenvalue weighted by Crippen LogP contribution is 2.45. The molecule has 0 saturated carbocycles. The van der Waals surface area contributed by atoms with Gasteiger partial charge in [0.2, 0.25) is 0 Å². The average molecular weight is 1100 g/mol. The van der Waals surface area contributed by atoms with Crippen molar-refractivity contribution in [1.29, 1.82) is 5.26 Å². The normalized spacial score (nSPS) is 12.5. The largest absolute Gasteiger partial charge is 0.309 e. The topological polar surface area (TPSA) is 72.3 Å². The number of aromatic nitrogens is 5. The summed E-state index contributed by atoms with van der Waals surface area (Å²) < 4.78 is 4.92. The highest BCUT2D eigenvalue weighted by Gasteiger charge is 2.28. The van der Waals surface area contributed by atoms with Crippen LogP contribution >= 0.6 is 0 Å². The van der Waals surface area contributed by atoms with E-state index in [1.165, 1.54) is 66.1 Å². The van der Waals surface area contributed by atoms with Crippen LogP contribution in [0.2, 0.25) is 0 Å². The molecule has 0 unspecified atom stereocenters. The Morgan fingerprint density at radius 3 is 0.929 bits per heavy atom. The van der Waals surface area contributed by atoms with Gasteiger partial charge in [0.15, 0.2) is 17.5 Å². The van der Waals surface area contributed by atoms with Crippen molar-refractivity contribution in [3.8, 4) is 73.9 Å². The van der Waals surface area contributed by atoms with E-state index in [-0.39, 0.29) is 21.7 Å². The lowest BCUT2D eigenvalue weighted by molar-refractivity contribution is 0.568. The van der Waals surface area contributed by atoms with Gasteiger partial charge in [-0.25, -0.2) is 15.0 Å². The van der Waals surface area contributed by atoms with Crippen LogP contribution in [0, 0.1) is 39.0 Å². The van der Waals surface area contributed by atoms with Crippen molar-refractivity contribution in [2.45, 2.75) is 132 Å². The monoisotopic (exact) mass is 1100 g/mol. The summed E-state index contributed by atoms with van der Waals surface area (Å²) in [4.78, 5) is 16.8. The standard InChI is InChI=1S/C78H76N6/c1-46-17-27-66-60(33-46)61-34-47(2)18-28-67(61)83(66)70-31-25-52(51-23-21-50(45-79)22-24-51)41-64(70)65-42-53(26-32-71(65)84-68-29-19-48(3)35-62(68)63-36-49(4)20-30-69(63)84)72-80-73(54-37-56(75(5,6)7)43-57(38-54)76(8,9)10)82-74(81-72)55-39-58(77(11,12)13)44-59(40-55)78(14,15)16/h17-44H,1-16H3. The van der Waals surface area contributed by atoms with E-state index in [2.05, 4.69) is 284 Å². The van der Waals surface area contributed by atoms with E-state index in [1.807, 2.05) is 12.1 Å². The van der Waals surface area contributed by atoms with Crippen molar-refractivity contribution in [3.05, 3.63) is 220 Å². The van der Waals surface area contributed by atoms with Gasteiger partial charge in [-0.05, 0) is 198 Å². The smallest absolute Gasteiger partial charge is 0.164 e. The zero-order valence-corrected chi connectivity index (χ0v) is 51.8. The van der Waals surface area contributed by atoms with Gasteiger partial charge in [0.1, 0.15) is 0 Å². The second kappa shape index (κ2) is 20.2. The molecule has 12 aromatic rings. The highest BCUT2D eigenvalue weighted by atomic mass is 15.0. The minimum atomic E-state index is -0.135. The van der Waals surface area contributed by atoms with Crippen LogP contribution in [0.1, 0.15) is 133 Å². The Kier molecular flexibility index (Phi) is 13.3. The number of aryl methyl sites for hydroxylation is 4. The predicted octanol–water partition coefficient (Wildman–Crippen LogP) is 20.7. The maximum atomic E-state index is 9.93. The summed E-state index contributed by atoms with van der Waals surface area (Å²) in [6.45, 7) is 36.1. The molecule has 0 aliphatic heterocycles. The molecule has 3 heterocycles. The van der Waals surface area contributed by atoms with Gasteiger partial charge in [0.05, 0.1) is 45.1 Å². The van der Waals surface area contributed by atoms with E-state index >= 15 is 0 Å². The number of hydrogen-bond acceptors (Lipinski definition) is 4. The zero-order valence-electron chi connectivity index (χ0n) is 51.8. The minimum absolute atomic E-state index is 0.135. The Balaban J connectivity index is 1.23. The summed E-state index contributed by atoms with van der Waals surface area (Å²) in [5.74, 6) is 1.84. The van der Waals surface area contributed by atoms with Crippen LogP contribution in [-0.2, 0) is 21.7 Å². The second-order valence-electron chi connectivity index (χ2n) is 27.8. The molecule has 6 heteroatoms. The van der Waals surface area contributed by atoms with Crippen LogP contribution in [0.3, 0.4) is 0 Å². The molecule has 0 aliphatic carbocycles. The van der Waals surface area contributed by atoms with Gasteiger partial charge in [-0.1, -0.05) is 160 Å². The van der Waals surface area contributed by atoms with Crippen molar-refractivity contribution in [2.24, 2.45) is 0 Å². The summed E-state index contributed by atoms with van der Waals surface area (Å²) in [5.41, 5.74) is 23.2. The molecule has 0 amide bonds. The first-order valence-electron chi connectivity index (χ1n) is 29.6. The lowest BCUT2D eigenvalue weighted by Crippen LogP contribution is -2.17. The molecule has 0 aliphatic rings. The molecule has 6 nitrogen and oxygen atoms in total. The Morgan fingerprint density at radius 2 is 0.607 bits per heavy atom. The van der Waals surface area contributed by atoms with Crippen LogP contribution in [0.15, 0.2) is 170 Å². The van der Waals surface area contributed by atoms with Crippen molar-refractivity contribution < 1.29 is 0 Å². The molecular weight excluding hydrogens is 1020 g/mol. The third-order valence-electron chi connectivity index (χ3n) is 17.0. The first-order chi connectivity index (χ1) is 39.7. The maximum Gasteiger partial charge on any atom is 0.164 e. The van der Waals surface area contributed by atoms with Crippen LogP contribution in [0.5, 0.6) is 0 Å². The molecule has 418 valence electrons. The van der Waals surface area contributed by atoms with E-state index in [1.54, 1.807) is 0 Å². The number of hydrogen-bond donors (Lipinski definition) is 0. The van der Waals surface area contributed by atoms with Crippen molar-refractivity contribution in [2.75, 3.05) is 0 Å². The van der Waals surface area contributed by atoms with Crippen LogP contribution < -0.4 is 0 Å². The number of benzene rings is 9. The summed E-state index contributed by atoms with van der Waals surface area (Å²) >= 11 is 0. The molecule has 0 fully saturated rings. The highest BCUT2D eigenvalue weighted by molar-refractivity contribution is 6.12. The van der Waals surface area contributed by atoms with Crippen LogP contribution in [-0.4, -0.2) is 24.1 Å². The number of nitrogens with zero attached hydrogens (tertiary/aromatic N) is 6. The molecule has 0 spiro atoms. The van der Waals surface area contributed by atoms with Crippen molar-refractivity contribution in [3.63, 3.8) is 0 Å². The Labute approximate surface area is 496 Å². The van der Waals surface area contributed by atoms with Gasteiger partial charge in [0, 0.05) is 49.4 Å². The van der Waals surface area contributed by atoms with Gasteiger partial charge < -0.3 is 9.13 Å². The third kappa shape index (κ3) is 10.2. The van der Waals surface area contributed by atoms with Gasteiger partial charge in [-0.2, -0.15) is 5.26 Å². The number of rotatable bonds is 7. The Bertz CT molecular complexity index is 4400. The van der Waals surface area contributed by atoms with E-state index in [9.17, 15) is 5.26 Å². The molecule has 0 radical (unpaired) electrons. The lowest BCUT2D eigenvalue weighted by Gasteiger charge is -2.26. The summed E-state index contributed by atoms with van der Waals surface area (Å²) in [6, 6.07) is 65.2. The van der Waals surface area contributed by atoms with E-state index in [0.29, 0.717) is 23.0 Å². The molecule has 12 rings (SSSR count). The first kappa shape index (κ1) is 55.6. The fourth-order valence-corrected chi connectivity index (χ4v) is 12.0. The van der Waals surface area contributed by atoms with Crippen LogP contribution in [0.4, 0.5) is 0 Å². The van der Waals surface area contributed by atoms with Gasteiger partial charge in [-0.15, -0.1) is 0 Å². The second-order valence-corrected chi connectivity index (χ2v) is 27.8. The molecule has 0 N–H and O–H groups in total. The fraction of sp³-hybridized carbons (Fsp3) is 0.256. The van der Waals surface area contributed by atoms with Crippen molar-refractivity contribution in [1.82, 2.24) is 24.1 Å². The molecule has 3 aromatic heterocycles. The number of fused-ring (bicyclic) bond motifs is 6. The summed E-state index contributed by atoms with van der Waals surface area (Å²) in [6.07, 6.45) is 0. The van der Waals surface area contributed by atoms with Crippen LogP contribution in [0.25, 0.3) is 111 Å². The van der Waals surface area contributed by atoms with E-state index < -0.39 is 0 Å². The van der Waals surface area contributed by atoms with Gasteiger partial charge >= 0.3 is 0 Å². The Morgan fingerprint density at radius 1 is 0.310 bits per heavy atom. The third-order valence-corrected chi connectivity index (χ3v) is 17.0. The minimum Gasteiger partial charge on any atom is -0.309 e. The van der Waals surface area contributed by atoms with Crippen molar-refractivity contribution >= 4 is 43.6 Å². The molecule has 0 bridgehead atoms. The van der Waals surface area contributed by atoms with Gasteiger partial charge in [0.25, 0.3) is 0 Å². The summed E-state index contributed by atoms with van der Waals surface area (Å²) in [5, 5.41) is 14.8. The molecular formula is C78H76N6. The fourth-order valence-electron chi connectivity index (χ4n) is 12.0. The van der Waals surface area contributed by atoms with Gasteiger partial charge in [-0.3, -0.25) is 0 Å². The molecule has 0 saturated heterocycles. The number of nitriles is 1. The molecule has 84 heavy (non-hydrogen) atoms. The Hall–Kier alpha value is -8.92. The zero-order chi connectivity index (χ0) is 59.5.